The van der Waals surface area contributed by atoms with Crippen molar-refractivity contribution in [1.29, 1.82) is 0 Å². The molecule has 0 aromatic heterocycles. The maximum Gasteiger partial charge on any atom is 0.523 e. The number of hydrogen-bond acceptors (Lipinski definition) is 4. The van der Waals surface area contributed by atoms with Crippen molar-refractivity contribution < 1.29 is 25.8 Å². The molecule has 0 aliphatic rings. The van der Waals surface area contributed by atoms with Crippen molar-refractivity contribution in [2.24, 2.45) is 0 Å². The summed E-state index contributed by atoms with van der Waals surface area (Å²) in [6, 6.07) is 6.57. The van der Waals surface area contributed by atoms with Gasteiger partial charge in [-0.2, -0.15) is 21.6 Å². The van der Waals surface area contributed by atoms with E-state index in [1.807, 2.05) is 20.8 Å². The van der Waals surface area contributed by atoms with Gasteiger partial charge in [-0.1, -0.05) is 45.0 Å². The Labute approximate surface area is 116 Å². The Kier molecular flexibility index (Phi) is 5.77. The second kappa shape index (κ2) is 6.11. The molecule has 0 saturated heterocycles. The molecule has 1 aromatic carbocycles. The molecule has 4 nitrogen and oxygen atoms in total. The molecule has 0 spiro atoms. The van der Waals surface area contributed by atoms with Gasteiger partial charge in [-0.25, -0.2) is 0 Å². The molecule has 0 radical (unpaired) electrons. The zero-order valence-corrected chi connectivity index (χ0v) is 12.3. The Morgan fingerprint density at radius 2 is 1.50 bits per heavy atom. The average Bonchev–Trinajstić information content (AvgIpc) is 2.24. The fourth-order valence-corrected chi connectivity index (χ4v) is 1.74. The molecule has 0 aliphatic heterocycles. The summed E-state index contributed by atoms with van der Waals surface area (Å²) in [5, 5.41) is 0. The van der Waals surface area contributed by atoms with E-state index in [1.165, 1.54) is 0 Å². The molecular formula is C12H18F3NO3S. The molecule has 0 aliphatic carbocycles. The Bertz CT molecular complexity index is 531. The van der Waals surface area contributed by atoms with Crippen molar-refractivity contribution in [1.82, 2.24) is 6.15 Å². The van der Waals surface area contributed by atoms with E-state index >= 15 is 0 Å². The Morgan fingerprint density at radius 1 is 1.05 bits per heavy atom. The maximum absolute atomic E-state index is 12.0. The fraction of sp³-hybridized carbons (Fsp3) is 0.500. The minimum Gasteiger partial charge on any atom is -0.344 e. The van der Waals surface area contributed by atoms with Gasteiger partial charge in [0.25, 0.3) is 0 Å². The van der Waals surface area contributed by atoms with Gasteiger partial charge in [-0.05, 0) is 16.5 Å². The third-order valence-electron chi connectivity index (χ3n) is 2.48. The molecule has 1 aromatic rings. The average molecular weight is 313 g/mol. The first-order chi connectivity index (χ1) is 8.43. The van der Waals surface area contributed by atoms with Gasteiger partial charge in [0.05, 0.1) is 6.61 Å². The molecule has 3 N–H and O–H groups in total. The van der Waals surface area contributed by atoms with Crippen LogP contribution in [0.15, 0.2) is 24.3 Å². The number of benzene rings is 1. The highest BCUT2D eigenvalue weighted by molar-refractivity contribution is 7.87. The number of halogens is 3. The molecule has 0 bridgehead atoms. The van der Waals surface area contributed by atoms with Crippen LogP contribution in [0.1, 0.15) is 31.9 Å². The molecule has 116 valence electrons. The van der Waals surface area contributed by atoms with Crippen LogP contribution in [-0.2, 0) is 26.3 Å². The van der Waals surface area contributed by atoms with Crippen molar-refractivity contribution in [3.8, 4) is 0 Å². The number of rotatable bonds is 3. The van der Waals surface area contributed by atoms with E-state index in [-0.39, 0.29) is 11.6 Å². The summed E-state index contributed by atoms with van der Waals surface area (Å²) < 4.78 is 61.5. The predicted octanol–water partition coefficient (Wildman–Crippen LogP) is 3.51. The number of hydrogen-bond donors (Lipinski definition) is 1. The summed E-state index contributed by atoms with van der Waals surface area (Å²) in [7, 11) is -5.53. The van der Waals surface area contributed by atoms with E-state index in [0.717, 1.165) is 5.56 Å². The molecule has 1 rings (SSSR count). The lowest BCUT2D eigenvalue weighted by Gasteiger charge is -2.19. The van der Waals surface area contributed by atoms with E-state index in [1.54, 1.807) is 24.3 Å². The third-order valence-corrected chi connectivity index (χ3v) is 3.48. The Morgan fingerprint density at radius 3 is 1.85 bits per heavy atom. The Balaban J connectivity index is 0.00000361. The van der Waals surface area contributed by atoms with E-state index in [4.69, 9.17) is 0 Å². The zero-order valence-electron chi connectivity index (χ0n) is 11.5. The first-order valence-electron chi connectivity index (χ1n) is 5.48. The van der Waals surface area contributed by atoms with Crippen LogP contribution in [0, 0.1) is 0 Å². The summed E-state index contributed by atoms with van der Waals surface area (Å²) >= 11 is 0. The summed E-state index contributed by atoms with van der Waals surface area (Å²) in [6.45, 7) is 5.35. The monoisotopic (exact) mass is 313 g/mol. The molecule has 0 unspecified atom stereocenters. The molecule has 0 atom stereocenters. The van der Waals surface area contributed by atoms with Gasteiger partial charge >= 0.3 is 15.6 Å². The lowest BCUT2D eigenvalue weighted by Crippen LogP contribution is -2.25. The normalized spacial score (nSPS) is 12.9. The van der Waals surface area contributed by atoms with Crippen LogP contribution in [0.25, 0.3) is 0 Å². The van der Waals surface area contributed by atoms with Gasteiger partial charge in [0.15, 0.2) is 0 Å². The topological polar surface area (TPSA) is 78.4 Å². The van der Waals surface area contributed by atoms with Gasteiger partial charge < -0.3 is 6.15 Å². The molecule has 20 heavy (non-hydrogen) atoms. The van der Waals surface area contributed by atoms with Crippen LogP contribution >= 0.6 is 0 Å². The molecule has 0 saturated carbocycles. The lowest BCUT2D eigenvalue weighted by atomic mass is 9.87. The summed E-state index contributed by atoms with van der Waals surface area (Å²) in [5.74, 6) is 0. The predicted molar refractivity (Wildman–Crippen MR) is 69.9 cm³/mol. The summed E-state index contributed by atoms with van der Waals surface area (Å²) in [6.07, 6.45) is 0. The minimum atomic E-state index is -5.53. The van der Waals surface area contributed by atoms with Crippen LogP contribution in [0.5, 0.6) is 0 Å². The van der Waals surface area contributed by atoms with E-state index in [9.17, 15) is 21.6 Å². The SMILES string of the molecule is CC(C)(C)c1ccc(COS(=O)(=O)C(F)(F)F)cc1.N. The third kappa shape index (κ3) is 4.77. The van der Waals surface area contributed by atoms with Crippen LogP contribution in [0.3, 0.4) is 0 Å². The van der Waals surface area contributed by atoms with Gasteiger partial charge in [-0.3, -0.25) is 4.18 Å². The summed E-state index contributed by atoms with van der Waals surface area (Å²) in [4.78, 5) is 0. The van der Waals surface area contributed by atoms with Gasteiger partial charge in [0, 0.05) is 0 Å². The smallest absolute Gasteiger partial charge is 0.344 e. The molecular weight excluding hydrogens is 295 g/mol. The van der Waals surface area contributed by atoms with Crippen molar-refractivity contribution in [2.75, 3.05) is 0 Å². The molecule has 0 heterocycles. The highest BCUT2D eigenvalue weighted by atomic mass is 32.2. The van der Waals surface area contributed by atoms with Crippen molar-refractivity contribution in [2.45, 2.75) is 38.3 Å². The zero-order chi connectivity index (χ0) is 14.9. The van der Waals surface area contributed by atoms with E-state index in [0.29, 0.717) is 5.56 Å². The Hall–Kier alpha value is -1.12. The van der Waals surface area contributed by atoms with Gasteiger partial charge in [0.1, 0.15) is 0 Å². The van der Waals surface area contributed by atoms with Crippen molar-refractivity contribution >= 4 is 10.1 Å². The van der Waals surface area contributed by atoms with E-state index < -0.39 is 22.2 Å². The van der Waals surface area contributed by atoms with Crippen LogP contribution < -0.4 is 6.15 Å². The quantitative estimate of drug-likeness (QED) is 0.684. The molecule has 8 heteroatoms. The maximum atomic E-state index is 12.0. The van der Waals surface area contributed by atoms with Crippen molar-refractivity contribution in [3.63, 3.8) is 0 Å². The van der Waals surface area contributed by atoms with Crippen LogP contribution in [0.2, 0.25) is 0 Å². The lowest BCUT2D eigenvalue weighted by molar-refractivity contribution is -0.0547. The van der Waals surface area contributed by atoms with Crippen LogP contribution in [-0.4, -0.2) is 13.9 Å². The van der Waals surface area contributed by atoms with E-state index in [2.05, 4.69) is 4.18 Å². The van der Waals surface area contributed by atoms with Crippen molar-refractivity contribution in [3.05, 3.63) is 35.4 Å². The standard InChI is InChI=1S/C12H15F3O3S.H3N/c1-11(2,3)10-6-4-9(5-7-10)8-18-19(16,17)12(13,14)15;/h4-7H,8H2,1-3H3;1H3. The molecule has 0 amide bonds. The minimum absolute atomic E-state index is 0. The highest BCUT2D eigenvalue weighted by Crippen LogP contribution is 2.26. The van der Waals surface area contributed by atoms with Gasteiger partial charge in [-0.15, -0.1) is 0 Å². The first kappa shape index (κ1) is 18.9. The largest absolute Gasteiger partial charge is 0.523 e. The summed E-state index contributed by atoms with van der Waals surface area (Å²) in [5.41, 5.74) is -4.12. The fourth-order valence-electron chi connectivity index (χ4n) is 1.31. The second-order valence-corrected chi connectivity index (χ2v) is 6.72. The van der Waals surface area contributed by atoms with Gasteiger partial charge in [0.2, 0.25) is 0 Å². The first-order valence-corrected chi connectivity index (χ1v) is 6.89. The molecule has 0 fully saturated rings. The number of alkyl halides is 3. The second-order valence-electron chi connectivity index (χ2n) is 5.11. The highest BCUT2D eigenvalue weighted by Gasteiger charge is 2.47. The van der Waals surface area contributed by atoms with Crippen LogP contribution in [0.4, 0.5) is 13.2 Å².